The zero-order valence-corrected chi connectivity index (χ0v) is 19.6. The number of nitrogens with zero attached hydrogens (tertiary/aromatic N) is 2. The minimum Gasteiger partial charge on any atom is -0.508 e. The van der Waals surface area contributed by atoms with Crippen molar-refractivity contribution in [3.63, 3.8) is 0 Å². The maximum Gasteiger partial charge on any atom is 0.253 e. The number of ether oxygens (including phenoxy) is 1. The average molecular weight is 512 g/mol. The number of halogens is 1. The molecule has 2 rings (SSSR count). The number of nitrogens with one attached hydrogen (secondary N) is 2. The van der Waals surface area contributed by atoms with Gasteiger partial charge in [0.2, 0.25) is 0 Å². The fraction of sp³-hybridized carbons (Fsp3) is 0.333. The van der Waals surface area contributed by atoms with Gasteiger partial charge in [-0.3, -0.25) is 9.79 Å². The smallest absolute Gasteiger partial charge is 0.253 e. The number of phenols is 1. The first kappa shape index (κ1) is 24.5. The third-order valence-electron chi connectivity index (χ3n) is 4.24. The number of phenolic OH excluding ortho intramolecular Hbond substituents is 1. The molecule has 158 valence electrons. The Morgan fingerprint density at radius 1 is 1.17 bits per heavy atom. The molecule has 2 aromatic carbocycles. The molecular weight excluding hydrogens is 483 g/mol. The molecule has 7 nitrogen and oxygen atoms in total. The van der Waals surface area contributed by atoms with Crippen LogP contribution in [0, 0.1) is 0 Å². The summed E-state index contributed by atoms with van der Waals surface area (Å²) in [6.45, 7) is 1.07. The van der Waals surface area contributed by atoms with E-state index in [9.17, 15) is 9.90 Å². The summed E-state index contributed by atoms with van der Waals surface area (Å²) in [6.07, 6.45) is 0.750. The van der Waals surface area contributed by atoms with Crippen molar-refractivity contribution in [3.05, 3.63) is 59.2 Å². The van der Waals surface area contributed by atoms with E-state index < -0.39 is 0 Å². The number of carbonyl (C=O) groups is 1. The molecule has 0 aliphatic heterocycles. The van der Waals surface area contributed by atoms with Crippen molar-refractivity contribution >= 4 is 35.8 Å². The summed E-state index contributed by atoms with van der Waals surface area (Å²) in [5.41, 5.74) is 2.47. The van der Waals surface area contributed by atoms with E-state index in [1.54, 1.807) is 51.4 Å². The summed E-state index contributed by atoms with van der Waals surface area (Å²) in [5, 5.41) is 16.4. The molecule has 0 heterocycles. The Bertz CT molecular complexity index is 840. The first-order valence-corrected chi connectivity index (χ1v) is 9.05. The monoisotopic (exact) mass is 512 g/mol. The predicted molar refractivity (Wildman–Crippen MR) is 126 cm³/mol. The molecule has 0 aliphatic carbocycles. The number of hydrogen-bond donors (Lipinski definition) is 3. The normalized spacial score (nSPS) is 10.7. The molecule has 0 atom stereocenters. The van der Waals surface area contributed by atoms with Gasteiger partial charge < -0.3 is 25.4 Å². The van der Waals surface area contributed by atoms with Gasteiger partial charge in [0.05, 0.1) is 7.11 Å². The summed E-state index contributed by atoms with van der Waals surface area (Å²) in [5.74, 6) is 1.50. The molecule has 2 aromatic rings. The topological polar surface area (TPSA) is 86.2 Å². The molecule has 0 aromatic heterocycles. The number of rotatable bonds is 7. The molecular formula is C21H29IN4O3. The Hall–Kier alpha value is -2.49. The van der Waals surface area contributed by atoms with Crippen LogP contribution in [0.1, 0.15) is 21.5 Å². The van der Waals surface area contributed by atoms with E-state index in [1.165, 1.54) is 0 Å². The Morgan fingerprint density at radius 3 is 2.59 bits per heavy atom. The van der Waals surface area contributed by atoms with Gasteiger partial charge in [0.1, 0.15) is 11.5 Å². The highest BCUT2D eigenvalue weighted by molar-refractivity contribution is 14.0. The van der Waals surface area contributed by atoms with Crippen LogP contribution in [0.25, 0.3) is 0 Å². The van der Waals surface area contributed by atoms with Crippen LogP contribution in [-0.4, -0.2) is 56.7 Å². The Labute approximate surface area is 189 Å². The van der Waals surface area contributed by atoms with Crippen LogP contribution < -0.4 is 15.4 Å². The van der Waals surface area contributed by atoms with Crippen LogP contribution in [0.15, 0.2) is 47.5 Å². The fourth-order valence-electron chi connectivity index (χ4n) is 2.67. The van der Waals surface area contributed by atoms with Crippen LogP contribution >= 0.6 is 24.0 Å². The Balaban J connectivity index is 0.00000420. The molecule has 0 bridgehead atoms. The van der Waals surface area contributed by atoms with Gasteiger partial charge in [-0.25, -0.2) is 0 Å². The highest BCUT2D eigenvalue weighted by atomic mass is 127. The number of guanidine groups is 1. The van der Waals surface area contributed by atoms with Crippen molar-refractivity contribution in [3.8, 4) is 11.5 Å². The van der Waals surface area contributed by atoms with E-state index in [2.05, 4.69) is 15.6 Å². The molecule has 3 N–H and O–H groups in total. The van der Waals surface area contributed by atoms with Gasteiger partial charge in [0.25, 0.3) is 5.91 Å². The lowest BCUT2D eigenvalue weighted by Crippen LogP contribution is -2.37. The Morgan fingerprint density at radius 2 is 1.93 bits per heavy atom. The second kappa shape index (κ2) is 12.2. The highest BCUT2D eigenvalue weighted by Crippen LogP contribution is 2.22. The van der Waals surface area contributed by atoms with Crippen molar-refractivity contribution in [2.24, 2.45) is 4.99 Å². The third kappa shape index (κ3) is 7.45. The van der Waals surface area contributed by atoms with E-state index in [0.29, 0.717) is 30.4 Å². The minimum atomic E-state index is -0.00891. The molecule has 0 saturated carbocycles. The lowest BCUT2D eigenvalue weighted by atomic mass is 10.1. The van der Waals surface area contributed by atoms with E-state index in [0.717, 1.165) is 17.5 Å². The zero-order chi connectivity index (χ0) is 20.5. The quantitative estimate of drug-likeness (QED) is 0.302. The van der Waals surface area contributed by atoms with Crippen molar-refractivity contribution in [2.45, 2.75) is 13.0 Å². The summed E-state index contributed by atoms with van der Waals surface area (Å²) in [4.78, 5) is 17.8. The first-order valence-electron chi connectivity index (χ1n) is 9.05. The van der Waals surface area contributed by atoms with E-state index in [1.807, 2.05) is 24.3 Å². The van der Waals surface area contributed by atoms with Crippen molar-refractivity contribution < 1.29 is 14.6 Å². The van der Waals surface area contributed by atoms with E-state index in [-0.39, 0.29) is 35.6 Å². The zero-order valence-electron chi connectivity index (χ0n) is 17.2. The number of methoxy groups -OCH3 is 1. The number of aromatic hydroxyl groups is 1. The van der Waals surface area contributed by atoms with Gasteiger partial charge in [-0.1, -0.05) is 12.1 Å². The van der Waals surface area contributed by atoms with Gasteiger partial charge >= 0.3 is 0 Å². The number of amides is 1. The van der Waals surface area contributed by atoms with Gasteiger partial charge in [-0.2, -0.15) is 0 Å². The fourth-order valence-corrected chi connectivity index (χ4v) is 2.67. The second-order valence-electron chi connectivity index (χ2n) is 6.50. The molecule has 8 heteroatoms. The summed E-state index contributed by atoms with van der Waals surface area (Å²) >= 11 is 0. The molecule has 29 heavy (non-hydrogen) atoms. The SMILES string of the molecule is CN=C(NCCc1cccc(C(=O)N(C)C)c1)NCc1cc(OC)ccc1O.I. The Kier molecular flexibility index (Phi) is 10.3. The van der Waals surface area contributed by atoms with Crippen molar-refractivity contribution in [2.75, 3.05) is 34.8 Å². The summed E-state index contributed by atoms with van der Waals surface area (Å²) in [7, 11) is 6.76. The summed E-state index contributed by atoms with van der Waals surface area (Å²) < 4.78 is 5.19. The van der Waals surface area contributed by atoms with Gasteiger partial charge in [-0.05, 0) is 42.3 Å². The van der Waals surface area contributed by atoms with Crippen LogP contribution in [0.4, 0.5) is 0 Å². The number of hydrogen-bond acceptors (Lipinski definition) is 4. The van der Waals surface area contributed by atoms with Crippen molar-refractivity contribution in [1.82, 2.24) is 15.5 Å². The number of carbonyl (C=O) groups excluding carboxylic acids is 1. The first-order chi connectivity index (χ1) is 13.4. The number of aliphatic imine (C=N–C) groups is 1. The molecule has 0 aliphatic rings. The van der Waals surface area contributed by atoms with Gasteiger partial charge in [0, 0.05) is 45.4 Å². The maximum atomic E-state index is 12.1. The van der Waals surface area contributed by atoms with Crippen molar-refractivity contribution in [1.29, 1.82) is 0 Å². The largest absolute Gasteiger partial charge is 0.508 e. The molecule has 0 radical (unpaired) electrons. The van der Waals surface area contributed by atoms with E-state index >= 15 is 0 Å². The van der Waals surface area contributed by atoms with Crippen LogP contribution in [0.2, 0.25) is 0 Å². The summed E-state index contributed by atoms with van der Waals surface area (Å²) in [6, 6.07) is 12.7. The second-order valence-corrected chi connectivity index (χ2v) is 6.50. The average Bonchev–Trinajstić information content (AvgIpc) is 2.71. The predicted octanol–water partition coefficient (Wildman–Crippen LogP) is 2.63. The lowest BCUT2D eigenvalue weighted by molar-refractivity contribution is 0.0827. The minimum absolute atomic E-state index is 0. The van der Waals surface area contributed by atoms with Crippen LogP contribution in [0.5, 0.6) is 11.5 Å². The third-order valence-corrected chi connectivity index (χ3v) is 4.24. The highest BCUT2D eigenvalue weighted by Gasteiger charge is 2.08. The van der Waals surface area contributed by atoms with Gasteiger partial charge in [-0.15, -0.1) is 24.0 Å². The van der Waals surface area contributed by atoms with Gasteiger partial charge in [0.15, 0.2) is 5.96 Å². The molecule has 0 unspecified atom stereocenters. The van der Waals surface area contributed by atoms with Crippen LogP contribution in [0.3, 0.4) is 0 Å². The number of benzene rings is 2. The molecule has 0 fully saturated rings. The lowest BCUT2D eigenvalue weighted by Gasteiger charge is -2.14. The standard InChI is InChI=1S/C21H28N4O3.HI/c1-22-21(24-14-17-13-18(28-4)8-9-19(17)26)23-11-10-15-6-5-7-16(12-15)20(27)25(2)3;/h5-9,12-13,26H,10-11,14H2,1-4H3,(H2,22,23,24);1H. The molecule has 1 amide bonds. The van der Waals surface area contributed by atoms with E-state index in [4.69, 9.17) is 4.74 Å². The maximum absolute atomic E-state index is 12.1. The molecule has 0 spiro atoms. The van der Waals surface area contributed by atoms with Crippen LogP contribution in [-0.2, 0) is 13.0 Å². The molecule has 0 saturated heterocycles.